The van der Waals surface area contributed by atoms with E-state index in [-0.39, 0.29) is 0 Å². The summed E-state index contributed by atoms with van der Waals surface area (Å²) in [6.45, 7) is 5.19. The Morgan fingerprint density at radius 3 is 2.68 bits per heavy atom. The van der Waals surface area contributed by atoms with Crippen LogP contribution in [-0.2, 0) is 6.54 Å². The van der Waals surface area contributed by atoms with E-state index in [4.69, 9.17) is 5.11 Å². The molecule has 0 saturated carbocycles. The highest BCUT2D eigenvalue weighted by molar-refractivity contribution is 5.30. The van der Waals surface area contributed by atoms with Crippen molar-refractivity contribution in [2.45, 2.75) is 39.2 Å². The van der Waals surface area contributed by atoms with Gasteiger partial charge in [0.1, 0.15) is 5.82 Å². The standard InChI is InChI=1S/C14H26N4O/c1-3-7-15-14-11-16-13(10-17-14)12-18(2)8-5-4-6-9-19/h10-11,19H,3-9,12H2,1-2H3,(H,15,17). The van der Waals surface area contributed by atoms with Gasteiger partial charge in [0.15, 0.2) is 0 Å². The third-order valence-electron chi connectivity index (χ3n) is 2.89. The molecule has 0 aliphatic rings. The summed E-state index contributed by atoms with van der Waals surface area (Å²) >= 11 is 0. The molecule has 1 heterocycles. The molecule has 19 heavy (non-hydrogen) atoms. The van der Waals surface area contributed by atoms with Crippen LogP contribution in [0.1, 0.15) is 38.3 Å². The van der Waals surface area contributed by atoms with Gasteiger partial charge in [-0.2, -0.15) is 0 Å². The van der Waals surface area contributed by atoms with Crippen LogP contribution >= 0.6 is 0 Å². The molecule has 1 aromatic rings. The van der Waals surface area contributed by atoms with Crippen LogP contribution in [0.4, 0.5) is 5.82 Å². The Hall–Kier alpha value is -1.20. The molecular weight excluding hydrogens is 240 g/mol. The van der Waals surface area contributed by atoms with Crippen molar-refractivity contribution in [3.63, 3.8) is 0 Å². The van der Waals surface area contributed by atoms with Gasteiger partial charge in [0, 0.05) is 19.7 Å². The number of nitrogens with zero attached hydrogens (tertiary/aromatic N) is 3. The van der Waals surface area contributed by atoms with Gasteiger partial charge in [0.05, 0.1) is 18.1 Å². The van der Waals surface area contributed by atoms with Crippen molar-refractivity contribution in [2.75, 3.05) is 32.1 Å². The number of aliphatic hydroxyl groups is 1. The molecule has 0 unspecified atom stereocenters. The van der Waals surface area contributed by atoms with E-state index in [1.807, 2.05) is 6.20 Å². The number of aliphatic hydroxyl groups excluding tert-OH is 1. The van der Waals surface area contributed by atoms with Gasteiger partial charge in [-0.1, -0.05) is 6.92 Å². The molecule has 5 heteroatoms. The van der Waals surface area contributed by atoms with E-state index in [9.17, 15) is 0 Å². The fraction of sp³-hybridized carbons (Fsp3) is 0.714. The van der Waals surface area contributed by atoms with Crippen LogP contribution in [0, 0.1) is 0 Å². The zero-order valence-corrected chi connectivity index (χ0v) is 12.1. The third-order valence-corrected chi connectivity index (χ3v) is 2.89. The third kappa shape index (κ3) is 7.08. The average molecular weight is 266 g/mol. The van der Waals surface area contributed by atoms with Crippen LogP contribution in [0.15, 0.2) is 12.4 Å². The number of hydrogen-bond acceptors (Lipinski definition) is 5. The van der Waals surface area contributed by atoms with E-state index in [2.05, 4.69) is 34.2 Å². The molecule has 0 aromatic carbocycles. The van der Waals surface area contributed by atoms with Crippen molar-refractivity contribution in [1.82, 2.24) is 14.9 Å². The van der Waals surface area contributed by atoms with Crippen molar-refractivity contribution in [3.05, 3.63) is 18.1 Å². The summed E-state index contributed by atoms with van der Waals surface area (Å²) in [5, 5.41) is 11.9. The first-order valence-electron chi connectivity index (χ1n) is 7.10. The minimum atomic E-state index is 0.293. The maximum atomic E-state index is 8.72. The number of rotatable bonds is 10. The van der Waals surface area contributed by atoms with Crippen LogP contribution in [0.2, 0.25) is 0 Å². The smallest absolute Gasteiger partial charge is 0.144 e. The summed E-state index contributed by atoms with van der Waals surface area (Å²) in [6.07, 6.45) is 7.80. The molecule has 0 atom stereocenters. The van der Waals surface area contributed by atoms with Crippen molar-refractivity contribution < 1.29 is 5.11 Å². The highest BCUT2D eigenvalue weighted by atomic mass is 16.2. The normalized spacial score (nSPS) is 10.9. The first-order chi connectivity index (χ1) is 9.26. The molecule has 108 valence electrons. The van der Waals surface area contributed by atoms with E-state index in [0.717, 1.165) is 56.8 Å². The lowest BCUT2D eigenvalue weighted by atomic mass is 10.2. The van der Waals surface area contributed by atoms with Gasteiger partial charge in [-0.05, 0) is 39.3 Å². The van der Waals surface area contributed by atoms with Crippen LogP contribution in [0.25, 0.3) is 0 Å². The Morgan fingerprint density at radius 1 is 1.21 bits per heavy atom. The first-order valence-corrected chi connectivity index (χ1v) is 7.10. The van der Waals surface area contributed by atoms with Crippen molar-refractivity contribution in [2.24, 2.45) is 0 Å². The highest BCUT2D eigenvalue weighted by Gasteiger charge is 2.02. The largest absolute Gasteiger partial charge is 0.396 e. The van der Waals surface area contributed by atoms with Gasteiger partial charge in [-0.15, -0.1) is 0 Å². The Morgan fingerprint density at radius 2 is 2.05 bits per heavy atom. The molecule has 0 radical (unpaired) electrons. The second-order valence-corrected chi connectivity index (χ2v) is 4.84. The molecule has 5 nitrogen and oxygen atoms in total. The predicted octanol–water partition coefficient (Wildman–Crippen LogP) is 1.89. The zero-order valence-electron chi connectivity index (χ0n) is 12.1. The molecule has 0 amide bonds. The second-order valence-electron chi connectivity index (χ2n) is 4.84. The lowest BCUT2D eigenvalue weighted by Crippen LogP contribution is -2.20. The topological polar surface area (TPSA) is 61.3 Å². The molecule has 1 aromatic heterocycles. The summed E-state index contributed by atoms with van der Waals surface area (Å²) in [4.78, 5) is 11.0. The van der Waals surface area contributed by atoms with Crippen LogP contribution < -0.4 is 5.32 Å². The van der Waals surface area contributed by atoms with E-state index >= 15 is 0 Å². The maximum Gasteiger partial charge on any atom is 0.144 e. The highest BCUT2D eigenvalue weighted by Crippen LogP contribution is 2.04. The predicted molar refractivity (Wildman–Crippen MR) is 78.1 cm³/mol. The number of aromatic nitrogens is 2. The van der Waals surface area contributed by atoms with E-state index in [0.29, 0.717) is 6.61 Å². The minimum absolute atomic E-state index is 0.293. The van der Waals surface area contributed by atoms with Crippen molar-refractivity contribution >= 4 is 5.82 Å². The quantitative estimate of drug-likeness (QED) is 0.633. The van der Waals surface area contributed by atoms with Gasteiger partial charge in [-0.25, -0.2) is 4.98 Å². The molecule has 0 fully saturated rings. The Bertz CT molecular complexity index is 329. The molecule has 1 rings (SSSR count). The Kier molecular flexibility index (Phi) is 8.09. The number of anilines is 1. The number of nitrogens with one attached hydrogen (secondary N) is 1. The van der Waals surface area contributed by atoms with E-state index in [1.54, 1.807) is 6.20 Å². The first kappa shape index (κ1) is 15.9. The summed E-state index contributed by atoms with van der Waals surface area (Å²) in [7, 11) is 2.09. The van der Waals surface area contributed by atoms with E-state index in [1.165, 1.54) is 0 Å². The summed E-state index contributed by atoms with van der Waals surface area (Å²) in [6, 6.07) is 0. The summed E-state index contributed by atoms with van der Waals surface area (Å²) in [5.74, 6) is 0.844. The number of hydrogen-bond donors (Lipinski definition) is 2. The Balaban J connectivity index is 2.27. The summed E-state index contributed by atoms with van der Waals surface area (Å²) < 4.78 is 0. The zero-order chi connectivity index (χ0) is 13.9. The van der Waals surface area contributed by atoms with Crippen LogP contribution in [0.5, 0.6) is 0 Å². The van der Waals surface area contributed by atoms with Gasteiger partial charge in [-0.3, -0.25) is 4.98 Å². The monoisotopic (exact) mass is 266 g/mol. The molecule has 0 spiro atoms. The summed E-state index contributed by atoms with van der Waals surface area (Å²) in [5.41, 5.74) is 0.992. The van der Waals surface area contributed by atoms with Crippen LogP contribution in [0.3, 0.4) is 0 Å². The fourth-order valence-corrected chi connectivity index (χ4v) is 1.81. The van der Waals surface area contributed by atoms with Gasteiger partial charge in [0.25, 0.3) is 0 Å². The lowest BCUT2D eigenvalue weighted by molar-refractivity contribution is 0.270. The SMILES string of the molecule is CCCNc1cnc(CN(C)CCCCCO)cn1. The van der Waals surface area contributed by atoms with E-state index < -0.39 is 0 Å². The molecular formula is C14H26N4O. The fourth-order valence-electron chi connectivity index (χ4n) is 1.81. The van der Waals surface area contributed by atoms with Gasteiger partial charge in [0.2, 0.25) is 0 Å². The molecule has 0 bridgehead atoms. The minimum Gasteiger partial charge on any atom is -0.396 e. The second kappa shape index (κ2) is 9.69. The lowest BCUT2D eigenvalue weighted by Gasteiger charge is -2.15. The molecule has 2 N–H and O–H groups in total. The van der Waals surface area contributed by atoms with Crippen LogP contribution in [-0.4, -0.2) is 46.7 Å². The van der Waals surface area contributed by atoms with Gasteiger partial charge < -0.3 is 15.3 Å². The maximum absolute atomic E-state index is 8.72. The molecule has 0 aliphatic heterocycles. The average Bonchev–Trinajstić information content (AvgIpc) is 2.43. The van der Waals surface area contributed by atoms with Crippen molar-refractivity contribution in [1.29, 1.82) is 0 Å². The van der Waals surface area contributed by atoms with Gasteiger partial charge >= 0.3 is 0 Å². The van der Waals surface area contributed by atoms with Crippen molar-refractivity contribution in [3.8, 4) is 0 Å². The molecule has 0 saturated heterocycles. The molecule has 0 aliphatic carbocycles. The number of unbranched alkanes of at least 4 members (excludes halogenated alkanes) is 2. The Labute approximate surface area is 116 Å².